The second-order valence-corrected chi connectivity index (χ2v) is 4.97. The van der Waals surface area contributed by atoms with Gasteiger partial charge in [-0.15, -0.1) is 0 Å². The van der Waals surface area contributed by atoms with Crippen molar-refractivity contribution in [3.8, 4) is 0 Å². The average molecular weight is 243 g/mol. The molecule has 1 rings (SSSR count). The summed E-state index contributed by atoms with van der Waals surface area (Å²) in [5.74, 6) is -0.435. The number of nitrogens with two attached hydrogens (primary N) is 1. The summed E-state index contributed by atoms with van der Waals surface area (Å²) in [7, 11) is 2.10. The topological polar surface area (TPSA) is 58.4 Å². The second kappa shape index (κ2) is 6.15. The van der Waals surface area contributed by atoms with E-state index in [9.17, 15) is 4.79 Å². The first-order valence-corrected chi connectivity index (χ1v) is 6.20. The zero-order valence-corrected chi connectivity index (χ0v) is 10.8. The highest BCUT2D eigenvalue weighted by molar-refractivity contribution is 7.80. The number of likely N-dealkylation sites (tertiary alicyclic amines) is 1. The Morgan fingerprint density at radius 2 is 2.31 bits per heavy atom. The standard InChI is InChI=1S/C11H21N3OS/c1-8(10(12)16)11(15)13-7-9-5-3-4-6-14(9)2/h8-9H,3-7H2,1-2H3,(H2,12,16)(H,13,15). The highest BCUT2D eigenvalue weighted by Crippen LogP contribution is 2.14. The fourth-order valence-corrected chi connectivity index (χ4v) is 2.01. The Labute approximate surface area is 103 Å². The molecule has 1 fully saturated rings. The normalized spacial score (nSPS) is 23.8. The van der Waals surface area contributed by atoms with Gasteiger partial charge in [-0.25, -0.2) is 0 Å². The van der Waals surface area contributed by atoms with Gasteiger partial charge >= 0.3 is 0 Å². The first kappa shape index (κ1) is 13.4. The first-order chi connectivity index (χ1) is 7.52. The highest BCUT2D eigenvalue weighted by atomic mass is 32.1. The van der Waals surface area contributed by atoms with Crippen molar-refractivity contribution < 1.29 is 4.79 Å². The summed E-state index contributed by atoms with van der Waals surface area (Å²) in [6.45, 7) is 3.55. The molecule has 0 aromatic carbocycles. The van der Waals surface area contributed by atoms with Crippen LogP contribution in [0.4, 0.5) is 0 Å². The van der Waals surface area contributed by atoms with E-state index in [0.29, 0.717) is 12.6 Å². The predicted molar refractivity (Wildman–Crippen MR) is 69.2 cm³/mol. The minimum absolute atomic E-state index is 0.0635. The third kappa shape index (κ3) is 3.72. The van der Waals surface area contributed by atoms with Crippen molar-refractivity contribution in [1.29, 1.82) is 0 Å². The number of hydrogen-bond donors (Lipinski definition) is 2. The zero-order valence-electron chi connectivity index (χ0n) is 10.0. The number of hydrogen-bond acceptors (Lipinski definition) is 3. The molecule has 1 saturated heterocycles. The third-order valence-corrected chi connectivity index (χ3v) is 3.61. The number of likely N-dealkylation sites (N-methyl/N-ethyl adjacent to an activating group) is 1. The molecule has 0 radical (unpaired) electrons. The van der Waals surface area contributed by atoms with Crippen LogP contribution in [0, 0.1) is 5.92 Å². The minimum Gasteiger partial charge on any atom is -0.393 e. The van der Waals surface area contributed by atoms with Crippen molar-refractivity contribution in [3.05, 3.63) is 0 Å². The van der Waals surface area contributed by atoms with Crippen LogP contribution in [0.2, 0.25) is 0 Å². The Morgan fingerprint density at radius 1 is 1.62 bits per heavy atom. The van der Waals surface area contributed by atoms with Crippen molar-refractivity contribution in [2.24, 2.45) is 11.7 Å². The van der Waals surface area contributed by atoms with Crippen molar-refractivity contribution in [1.82, 2.24) is 10.2 Å². The quantitative estimate of drug-likeness (QED) is 0.706. The molecule has 0 aromatic rings. The largest absolute Gasteiger partial charge is 0.393 e. The van der Waals surface area contributed by atoms with Gasteiger partial charge in [0.15, 0.2) is 0 Å². The number of rotatable bonds is 4. The summed E-state index contributed by atoms with van der Waals surface area (Å²) < 4.78 is 0. The van der Waals surface area contributed by atoms with Gasteiger partial charge in [-0.05, 0) is 33.4 Å². The molecule has 16 heavy (non-hydrogen) atoms. The van der Waals surface area contributed by atoms with Gasteiger partial charge in [-0.2, -0.15) is 0 Å². The van der Waals surface area contributed by atoms with Crippen LogP contribution < -0.4 is 11.1 Å². The van der Waals surface area contributed by atoms with Gasteiger partial charge in [0.2, 0.25) is 5.91 Å². The second-order valence-electron chi connectivity index (χ2n) is 4.50. The molecule has 2 atom stereocenters. The average Bonchev–Trinajstić information content (AvgIpc) is 2.26. The van der Waals surface area contributed by atoms with E-state index in [-0.39, 0.29) is 16.8 Å². The maximum atomic E-state index is 11.6. The van der Waals surface area contributed by atoms with Crippen LogP contribution in [-0.2, 0) is 4.79 Å². The molecule has 0 spiro atoms. The minimum atomic E-state index is -0.371. The third-order valence-electron chi connectivity index (χ3n) is 3.25. The van der Waals surface area contributed by atoms with Crippen molar-refractivity contribution in [3.63, 3.8) is 0 Å². The van der Waals surface area contributed by atoms with Crippen molar-refractivity contribution >= 4 is 23.1 Å². The van der Waals surface area contributed by atoms with Gasteiger partial charge in [0, 0.05) is 12.6 Å². The lowest BCUT2D eigenvalue weighted by atomic mass is 10.0. The molecule has 92 valence electrons. The molecular formula is C11H21N3OS. The molecule has 3 N–H and O–H groups in total. The Morgan fingerprint density at radius 3 is 2.88 bits per heavy atom. The molecule has 0 aromatic heterocycles. The van der Waals surface area contributed by atoms with Gasteiger partial charge in [-0.3, -0.25) is 4.79 Å². The lowest BCUT2D eigenvalue weighted by Crippen LogP contribution is -2.46. The molecule has 1 heterocycles. The van der Waals surface area contributed by atoms with E-state index >= 15 is 0 Å². The van der Waals surface area contributed by atoms with Crippen LogP contribution in [0.15, 0.2) is 0 Å². The van der Waals surface area contributed by atoms with Gasteiger partial charge in [0.25, 0.3) is 0 Å². The van der Waals surface area contributed by atoms with Crippen LogP contribution in [0.1, 0.15) is 26.2 Å². The fourth-order valence-electron chi connectivity index (χ4n) is 1.90. The lowest BCUT2D eigenvalue weighted by Gasteiger charge is -2.32. The molecule has 0 saturated carbocycles. The molecule has 0 bridgehead atoms. The smallest absolute Gasteiger partial charge is 0.229 e. The fraction of sp³-hybridized carbons (Fsp3) is 0.818. The van der Waals surface area contributed by atoms with E-state index in [2.05, 4.69) is 17.3 Å². The summed E-state index contributed by atoms with van der Waals surface area (Å²) in [5, 5.41) is 2.92. The van der Waals surface area contributed by atoms with E-state index in [0.717, 1.165) is 13.0 Å². The van der Waals surface area contributed by atoms with Gasteiger partial charge in [0.1, 0.15) is 0 Å². The van der Waals surface area contributed by atoms with Crippen LogP contribution in [-0.4, -0.2) is 42.0 Å². The number of piperidine rings is 1. The Bertz CT molecular complexity index is 270. The summed E-state index contributed by atoms with van der Waals surface area (Å²) in [6, 6.07) is 0.455. The van der Waals surface area contributed by atoms with Crippen LogP contribution in [0.3, 0.4) is 0 Å². The monoisotopic (exact) mass is 243 g/mol. The van der Waals surface area contributed by atoms with E-state index in [1.165, 1.54) is 12.8 Å². The van der Waals surface area contributed by atoms with E-state index in [4.69, 9.17) is 18.0 Å². The summed E-state index contributed by atoms with van der Waals surface area (Å²) >= 11 is 4.79. The number of nitrogens with zero attached hydrogens (tertiary/aromatic N) is 1. The SMILES string of the molecule is CC(C(=O)NCC1CCCCN1C)C(N)=S. The van der Waals surface area contributed by atoms with Crippen LogP contribution in [0.25, 0.3) is 0 Å². The number of carbonyl (C=O) groups excluding carboxylic acids is 1. The summed E-state index contributed by atoms with van der Waals surface area (Å²) in [6.07, 6.45) is 3.65. The van der Waals surface area contributed by atoms with Gasteiger partial charge < -0.3 is 16.0 Å². The molecule has 5 heteroatoms. The van der Waals surface area contributed by atoms with E-state index in [1.807, 2.05) is 0 Å². The van der Waals surface area contributed by atoms with Gasteiger partial charge in [0.05, 0.1) is 10.9 Å². The highest BCUT2D eigenvalue weighted by Gasteiger charge is 2.21. The number of nitrogens with one attached hydrogen (secondary N) is 1. The zero-order chi connectivity index (χ0) is 12.1. The molecule has 1 aliphatic rings. The van der Waals surface area contributed by atoms with E-state index in [1.54, 1.807) is 6.92 Å². The Kier molecular flexibility index (Phi) is 5.15. The molecule has 1 amide bonds. The first-order valence-electron chi connectivity index (χ1n) is 5.79. The Balaban J connectivity index is 2.33. The molecular weight excluding hydrogens is 222 g/mol. The lowest BCUT2D eigenvalue weighted by molar-refractivity contribution is -0.122. The van der Waals surface area contributed by atoms with Crippen LogP contribution >= 0.6 is 12.2 Å². The van der Waals surface area contributed by atoms with Crippen molar-refractivity contribution in [2.45, 2.75) is 32.2 Å². The Hall–Kier alpha value is -0.680. The van der Waals surface area contributed by atoms with Gasteiger partial charge in [-0.1, -0.05) is 18.6 Å². The molecule has 1 aliphatic heterocycles. The molecule has 4 nitrogen and oxygen atoms in total. The van der Waals surface area contributed by atoms with E-state index < -0.39 is 0 Å². The predicted octanol–water partition coefficient (Wildman–Crippen LogP) is 0.509. The molecule has 2 unspecified atom stereocenters. The summed E-state index contributed by atoms with van der Waals surface area (Å²) in [5.41, 5.74) is 5.43. The maximum absolute atomic E-state index is 11.6. The number of carbonyl (C=O) groups is 1. The van der Waals surface area contributed by atoms with Crippen LogP contribution in [0.5, 0.6) is 0 Å². The number of thiocarbonyl (C=S) groups is 1. The molecule has 0 aliphatic carbocycles. The van der Waals surface area contributed by atoms with Crippen molar-refractivity contribution in [2.75, 3.05) is 20.1 Å². The summed E-state index contributed by atoms with van der Waals surface area (Å²) in [4.78, 5) is 14.2. The maximum Gasteiger partial charge on any atom is 0.229 e. The number of amides is 1.